The van der Waals surface area contributed by atoms with E-state index >= 15 is 0 Å². The van der Waals surface area contributed by atoms with Crippen LogP contribution in [0.1, 0.15) is 12.8 Å². The molecule has 3 heterocycles. The van der Waals surface area contributed by atoms with Crippen molar-refractivity contribution in [1.82, 2.24) is 30.4 Å². The van der Waals surface area contributed by atoms with Gasteiger partial charge in [0, 0.05) is 18.1 Å². The predicted octanol–water partition coefficient (Wildman–Crippen LogP) is -0.0644. The molecule has 4 N–H and O–H groups in total. The third-order valence-electron chi connectivity index (χ3n) is 4.60. The number of primary sulfonamides is 1. The van der Waals surface area contributed by atoms with Gasteiger partial charge in [-0.05, 0) is 22.4 Å². The topological polar surface area (TPSA) is 173 Å². The van der Waals surface area contributed by atoms with Gasteiger partial charge in [-0.3, -0.25) is 9.69 Å². The van der Waals surface area contributed by atoms with Crippen molar-refractivity contribution in [2.24, 2.45) is 5.14 Å². The fraction of sp³-hybridized carbons (Fsp3) is 0.600. The minimum Gasteiger partial charge on any atom is -0.477 e. The van der Waals surface area contributed by atoms with Gasteiger partial charge in [0.1, 0.15) is 17.1 Å². The second-order valence-corrected chi connectivity index (χ2v) is 11.5. The zero-order chi connectivity index (χ0) is 25.3. The minimum absolute atomic E-state index is 0.116. The molecule has 0 radical (unpaired) electrons. The molecule has 12 nitrogen and oxygen atoms in total. The number of tetrazole rings is 1. The zero-order valence-electron chi connectivity index (χ0n) is 17.1. The van der Waals surface area contributed by atoms with Crippen LogP contribution in [0.5, 0.6) is 0 Å². The van der Waals surface area contributed by atoms with Gasteiger partial charge < -0.3 is 10.4 Å². The van der Waals surface area contributed by atoms with Crippen LogP contribution in [0, 0.1) is 0 Å². The van der Waals surface area contributed by atoms with Crippen molar-refractivity contribution in [1.29, 1.82) is 0 Å². The highest BCUT2D eigenvalue weighted by molar-refractivity contribution is 8.01. The van der Waals surface area contributed by atoms with Crippen LogP contribution in [0.3, 0.4) is 0 Å². The molecule has 188 valence electrons. The van der Waals surface area contributed by atoms with Gasteiger partial charge in [0.05, 0.1) is 17.2 Å². The summed E-state index contributed by atoms with van der Waals surface area (Å²) >= 11 is 6.97. The number of β-lactam (4-membered cyclic amide) rings is 1. The molecule has 0 aromatic carbocycles. The Kier molecular flexibility index (Phi) is 8.10. The molecule has 0 spiro atoms. The van der Waals surface area contributed by atoms with Crippen LogP contribution in [0.15, 0.2) is 16.4 Å². The first-order chi connectivity index (χ1) is 15.8. The maximum absolute atomic E-state index is 12.6. The van der Waals surface area contributed by atoms with Crippen molar-refractivity contribution in [2.45, 2.75) is 42.1 Å². The Morgan fingerprint density at radius 1 is 1.41 bits per heavy atom. The average Bonchev–Trinajstić information content (AvgIpc) is 3.14. The van der Waals surface area contributed by atoms with Gasteiger partial charge in [0.25, 0.3) is 5.91 Å². The Balaban J connectivity index is 1.66. The summed E-state index contributed by atoms with van der Waals surface area (Å²) in [6.07, 6.45) is -5.73. The molecule has 0 aliphatic carbocycles. The monoisotopic (exact) mass is 561 g/mol. The van der Waals surface area contributed by atoms with E-state index in [1.807, 2.05) is 0 Å². The number of fused-ring (bicyclic) bond motifs is 1. The standard InChI is InChI=1S/C15H18F3N7O5S4/c16-15(17,18)4-8(31)20-9-11(26)25-10(13(27)28)7(5-32-12(9)25)6-33-14-21-22-23-24(14)2-1-3-34(19,29)30/h9,12H,1-6H2,(H,20,31)(H,27,28)(H2,19,29,30)/t9?,12-/m1/s1. The number of nitrogens with one attached hydrogen (secondary N) is 1. The quantitative estimate of drug-likeness (QED) is 0.198. The predicted molar refractivity (Wildman–Crippen MR) is 119 cm³/mol. The molecule has 0 saturated carbocycles. The number of halogens is 3. The van der Waals surface area contributed by atoms with Gasteiger partial charge in [-0.1, -0.05) is 24.0 Å². The van der Waals surface area contributed by atoms with Gasteiger partial charge in [0.2, 0.25) is 15.2 Å². The number of hydrogen-bond acceptors (Lipinski definition) is 10. The van der Waals surface area contributed by atoms with E-state index in [4.69, 9.17) is 5.14 Å². The maximum Gasteiger partial charge on any atom is 0.395 e. The highest BCUT2D eigenvalue weighted by atomic mass is 32.2. The molecule has 1 aromatic rings. The molecule has 2 atom stereocenters. The van der Waals surface area contributed by atoms with Crippen molar-refractivity contribution in [3.63, 3.8) is 0 Å². The second kappa shape index (κ2) is 10.3. The molecule has 1 unspecified atom stereocenters. The Labute approximate surface area is 204 Å². The lowest BCUT2D eigenvalue weighted by molar-refractivity contribution is -0.148. The van der Waals surface area contributed by atoms with E-state index in [2.05, 4.69) is 33.1 Å². The van der Waals surface area contributed by atoms with E-state index < -0.39 is 50.9 Å². The fourth-order valence-electron chi connectivity index (χ4n) is 3.21. The highest BCUT2D eigenvalue weighted by Crippen LogP contribution is 2.41. The normalized spacial score (nSPS) is 20.7. The molecule has 34 heavy (non-hydrogen) atoms. The average molecular weight is 562 g/mol. The molecule has 1 aromatic heterocycles. The summed E-state index contributed by atoms with van der Waals surface area (Å²) in [6, 6.07) is -1.05. The number of aromatic nitrogens is 4. The first kappa shape index (κ1) is 26.6. The molecule has 2 aliphatic heterocycles. The first-order valence-electron chi connectivity index (χ1n) is 9.42. The van der Waals surface area contributed by atoms with E-state index in [1.54, 1.807) is 0 Å². The fourth-order valence-corrected chi connectivity index (χ4v) is 6.42. The molecule has 3 rings (SSSR count). The Bertz CT molecular complexity index is 1120. The number of carbonyl (C=O) groups is 2. The number of carbonyl (C=O) groups excluding carboxylic acids is 1. The number of nitrogens with two attached hydrogens (primary N) is 1. The van der Waals surface area contributed by atoms with Gasteiger partial charge in [-0.15, -0.1) is 16.9 Å². The van der Waals surface area contributed by atoms with Crippen molar-refractivity contribution < 1.29 is 36.3 Å². The lowest BCUT2D eigenvalue weighted by Gasteiger charge is -2.49. The molecule has 2 aliphatic rings. The lowest BCUT2D eigenvalue weighted by atomic mass is 10.0. The van der Waals surface area contributed by atoms with Gasteiger partial charge in [0.15, 0.2) is 0 Å². The smallest absolute Gasteiger partial charge is 0.395 e. The van der Waals surface area contributed by atoms with E-state index in [0.717, 1.165) is 16.7 Å². The van der Waals surface area contributed by atoms with E-state index in [9.17, 15) is 36.3 Å². The Morgan fingerprint density at radius 2 is 2.12 bits per heavy atom. The van der Waals surface area contributed by atoms with Crippen LogP contribution in [0.2, 0.25) is 0 Å². The largest absolute Gasteiger partial charge is 0.477 e. The highest BCUT2D eigenvalue weighted by Gasteiger charge is 2.54. The van der Waals surface area contributed by atoms with Crippen LogP contribution < -0.4 is 10.5 Å². The van der Waals surface area contributed by atoms with E-state index in [1.165, 1.54) is 16.4 Å². The number of alkyl halides is 3. The number of hydrogen-bond donors (Lipinski definition) is 3. The number of carboxylic acids is 1. The number of nitrogens with zero attached hydrogens (tertiary/aromatic N) is 5. The Hall–Kier alpha value is -1.96. The molecule has 1 fully saturated rings. The lowest BCUT2D eigenvalue weighted by Crippen LogP contribution is -2.70. The second-order valence-electron chi connectivity index (χ2n) is 7.20. The van der Waals surface area contributed by atoms with Crippen LogP contribution in [0.4, 0.5) is 13.2 Å². The van der Waals surface area contributed by atoms with Gasteiger partial charge >= 0.3 is 12.1 Å². The summed E-state index contributed by atoms with van der Waals surface area (Å²) in [4.78, 5) is 25.0. The summed E-state index contributed by atoms with van der Waals surface area (Å²) in [5.74, 6) is -1.97. The number of carboxylic acid groups (broad SMARTS) is 1. The molecule has 1 amide bonds. The SMILES string of the molecule is NS(=O)(=O)CCCn1nnnc1SCC1=C(C(=O)O)N2C(=O)C(NC(=S)CC(F)(F)F)[C@H]2SC1. The number of thiocarbonyl (C=S) groups is 1. The van der Waals surface area contributed by atoms with Gasteiger partial charge in [-0.2, -0.15) is 13.2 Å². The van der Waals surface area contributed by atoms with E-state index in [-0.39, 0.29) is 35.9 Å². The van der Waals surface area contributed by atoms with Crippen molar-refractivity contribution in [2.75, 3.05) is 17.3 Å². The van der Waals surface area contributed by atoms with Gasteiger partial charge in [-0.25, -0.2) is 23.0 Å². The number of rotatable bonds is 10. The molecule has 1 saturated heterocycles. The summed E-state index contributed by atoms with van der Waals surface area (Å²) < 4.78 is 61.0. The third kappa shape index (κ3) is 6.58. The van der Waals surface area contributed by atoms with E-state index in [0.29, 0.717) is 10.7 Å². The number of sulfonamides is 1. The maximum atomic E-state index is 12.6. The first-order valence-corrected chi connectivity index (χ1v) is 13.6. The van der Waals surface area contributed by atoms with Crippen LogP contribution in [-0.2, 0) is 26.2 Å². The summed E-state index contributed by atoms with van der Waals surface area (Å²) in [5.41, 5.74) is 0.164. The minimum atomic E-state index is -4.53. The Morgan fingerprint density at radius 3 is 2.74 bits per heavy atom. The molecular weight excluding hydrogens is 543 g/mol. The van der Waals surface area contributed by atoms with Crippen LogP contribution in [-0.4, -0.2) is 90.3 Å². The summed E-state index contributed by atoms with van der Waals surface area (Å²) in [6.45, 7) is 0.170. The number of aliphatic carboxylic acids is 1. The summed E-state index contributed by atoms with van der Waals surface area (Å²) in [5, 5.41) is 27.8. The molecular formula is C15H18F3N7O5S4. The molecule has 19 heteroatoms. The van der Waals surface area contributed by atoms with Crippen molar-refractivity contribution >= 4 is 62.6 Å². The third-order valence-corrected chi connectivity index (χ3v) is 8.10. The number of amides is 1. The van der Waals surface area contributed by atoms with Crippen LogP contribution in [0.25, 0.3) is 0 Å². The van der Waals surface area contributed by atoms with Crippen molar-refractivity contribution in [3.05, 3.63) is 11.3 Å². The van der Waals surface area contributed by atoms with Crippen molar-refractivity contribution in [3.8, 4) is 0 Å². The molecule has 0 bridgehead atoms. The number of aryl methyl sites for hydroxylation is 1. The zero-order valence-corrected chi connectivity index (χ0v) is 20.3. The summed E-state index contributed by atoms with van der Waals surface area (Å²) in [7, 11) is -3.64. The van der Waals surface area contributed by atoms with Crippen LogP contribution >= 0.6 is 35.7 Å². The number of thioether (sulfide) groups is 2.